The van der Waals surface area contributed by atoms with Gasteiger partial charge in [-0.1, -0.05) is 6.07 Å². The molecule has 1 unspecified atom stereocenters. The lowest BCUT2D eigenvalue weighted by molar-refractivity contribution is 0.0501. The third kappa shape index (κ3) is 4.84. The van der Waals surface area contributed by atoms with E-state index in [1.807, 2.05) is 0 Å². The number of halogens is 1. The molecule has 2 amide bonds. The van der Waals surface area contributed by atoms with E-state index in [9.17, 15) is 14.3 Å². The van der Waals surface area contributed by atoms with Gasteiger partial charge in [-0.15, -0.1) is 0 Å². The summed E-state index contributed by atoms with van der Waals surface area (Å²) in [7, 11) is 2.98. The second-order valence-corrected chi connectivity index (χ2v) is 4.40. The fourth-order valence-electron chi connectivity index (χ4n) is 1.59. The molecule has 1 atom stereocenters. The predicted molar refractivity (Wildman–Crippen MR) is 70.7 cm³/mol. The summed E-state index contributed by atoms with van der Waals surface area (Å²) < 4.78 is 18.2. The van der Waals surface area contributed by atoms with Gasteiger partial charge in [0.1, 0.15) is 5.82 Å². The maximum Gasteiger partial charge on any atom is 0.321 e. The topological polar surface area (TPSA) is 61.8 Å². The zero-order chi connectivity index (χ0) is 14.4. The van der Waals surface area contributed by atoms with Crippen molar-refractivity contribution in [2.75, 3.05) is 32.6 Å². The minimum atomic E-state index is -0.775. The Balaban J connectivity index is 2.61. The van der Waals surface area contributed by atoms with Gasteiger partial charge >= 0.3 is 6.03 Å². The standard InChI is InChI=1S/C13H19FN2O3/c1-9-4-5-11(14)12(6-9)15-13(18)16(2)7-10(17)8-19-3/h4-6,10,17H,7-8H2,1-3H3,(H,15,18). The Morgan fingerprint density at radius 3 is 2.89 bits per heavy atom. The van der Waals surface area contributed by atoms with E-state index >= 15 is 0 Å². The van der Waals surface area contributed by atoms with E-state index in [1.54, 1.807) is 19.1 Å². The number of methoxy groups -OCH3 is 1. The number of carbonyl (C=O) groups is 1. The molecular formula is C13H19FN2O3. The number of nitrogens with one attached hydrogen (secondary N) is 1. The van der Waals surface area contributed by atoms with Crippen LogP contribution in [0.1, 0.15) is 5.56 Å². The zero-order valence-electron chi connectivity index (χ0n) is 11.3. The molecule has 0 heterocycles. The molecule has 0 aliphatic carbocycles. The van der Waals surface area contributed by atoms with Crippen LogP contribution in [0.3, 0.4) is 0 Å². The largest absolute Gasteiger partial charge is 0.389 e. The number of aliphatic hydroxyl groups is 1. The Labute approximate surface area is 112 Å². The van der Waals surface area contributed by atoms with E-state index in [0.29, 0.717) is 0 Å². The summed E-state index contributed by atoms with van der Waals surface area (Å²) >= 11 is 0. The van der Waals surface area contributed by atoms with Crippen LogP contribution in [0, 0.1) is 12.7 Å². The number of rotatable bonds is 5. The maximum atomic E-state index is 13.5. The summed E-state index contributed by atoms with van der Waals surface area (Å²) in [5.74, 6) is -0.496. The minimum absolute atomic E-state index is 0.104. The first-order chi connectivity index (χ1) is 8.93. The SMILES string of the molecule is COCC(O)CN(C)C(=O)Nc1cc(C)ccc1F. The summed E-state index contributed by atoms with van der Waals surface area (Å²) in [6.45, 7) is 2.05. The number of carbonyl (C=O) groups excluding carboxylic acids is 1. The van der Waals surface area contributed by atoms with Gasteiger partial charge in [-0.05, 0) is 24.6 Å². The van der Waals surface area contributed by atoms with Crippen molar-refractivity contribution in [3.63, 3.8) is 0 Å². The minimum Gasteiger partial charge on any atom is -0.389 e. The van der Waals surface area contributed by atoms with Crippen LogP contribution < -0.4 is 5.32 Å². The number of ether oxygens (including phenoxy) is 1. The van der Waals surface area contributed by atoms with Crippen molar-refractivity contribution in [1.29, 1.82) is 0 Å². The van der Waals surface area contributed by atoms with Crippen LogP contribution in [-0.2, 0) is 4.74 Å². The normalized spacial score (nSPS) is 12.1. The maximum absolute atomic E-state index is 13.5. The van der Waals surface area contributed by atoms with Gasteiger partial charge in [0.2, 0.25) is 0 Å². The van der Waals surface area contributed by atoms with Crippen LogP contribution in [0.5, 0.6) is 0 Å². The number of amides is 2. The van der Waals surface area contributed by atoms with Gasteiger partial charge < -0.3 is 20.1 Å². The Morgan fingerprint density at radius 1 is 1.58 bits per heavy atom. The van der Waals surface area contributed by atoms with Gasteiger partial charge in [0.25, 0.3) is 0 Å². The summed E-state index contributed by atoms with van der Waals surface area (Å²) in [5.41, 5.74) is 0.969. The van der Waals surface area contributed by atoms with E-state index in [-0.39, 0.29) is 18.8 Å². The molecule has 1 aromatic rings. The summed E-state index contributed by atoms with van der Waals surface area (Å²) in [4.78, 5) is 13.1. The van der Waals surface area contributed by atoms with Crippen LogP contribution in [0.2, 0.25) is 0 Å². The number of urea groups is 1. The smallest absolute Gasteiger partial charge is 0.321 e. The van der Waals surface area contributed by atoms with Gasteiger partial charge in [-0.2, -0.15) is 0 Å². The third-order valence-electron chi connectivity index (χ3n) is 2.55. The first-order valence-corrected chi connectivity index (χ1v) is 5.89. The quantitative estimate of drug-likeness (QED) is 0.854. The monoisotopic (exact) mass is 270 g/mol. The lowest BCUT2D eigenvalue weighted by atomic mass is 10.2. The Morgan fingerprint density at radius 2 is 2.26 bits per heavy atom. The number of aliphatic hydroxyl groups excluding tert-OH is 1. The number of hydrogen-bond donors (Lipinski definition) is 2. The molecule has 0 aromatic heterocycles. The molecule has 5 nitrogen and oxygen atoms in total. The molecule has 0 aliphatic rings. The molecule has 1 aromatic carbocycles. The molecule has 1 rings (SSSR count). The molecule has 6 heteroatoms. The van der Waals surface area contributed by atoms with Crippen LogP contribution in [0.25, 0.3) is 0 Å². The highest BCUT2D eigenvalue weighted by Gasteiger charge is 2.15. The van der Waals surface area contributed by atoms with Crippen molar-refractivity contribution < 1.29 is 19.0 Å². The van der Waals surface area contributed by atoms with Crippen molar-refractivity contribution in [1.82, 2.24) is 4.90 Å². The lowest BCUT2D eigenvalue weighted by Gasteiger charge is -2.21. The van der Waals surface area contributed by atoms with Gasteiger partial charge in [0.15, 0.2) is 0 Å². The first-order valence-electron chi connectivity index (χ1n) is 5.89. The van der Waals surface area contributed by atoms with E-state index in [2.05, 4.69) is 5.32 Å². The van der Waals surface area contributed by atoms with Gasteiger partial charge in [0, 0.05) is 14.2 Å². The Kier molecular flexibility index (Phi) is 5.72. The average molecular weight is 270 g/mol. The molecule has 0 aliphatic heterocycles. The molecule has 106 valence electrons. The summed E-state index contributed by atoms with van der Waals surface area (Å²) in [5, 5.41) is 12.0. The average Bonchev–Trinajstić information content (AvgIpc) is 2.34. The van der Waals surface area contributed by atoms with Gasteiger partial charge in [0.05, 0.1) is 24.9 Å². The number of likely N-dealkylation sites (N-methyl/N-ethyl adjacent to an activating group) is 1. The van der Waals surface area contributed by atoms with E-state index in [1.165, 1.54) is 25.1 Å². The van der Waals surface area contributed by atoms with Crippen molar-refractivity contribution in [2.45, 2.75) is 13.0 Å². The highest BCUT2D eigenvalue weighted by atomic mass is 19.1. The number of aryl methyl sites for hydroxylation is 1. The molecule has 19 heavy (non-hydrogen) atoms. The molecule has 2 N–H and O–H groups in total. The highest BCUT2D eigenvalue weighted by Crippen LogP contribution is 2.16. The number of nitrogens with zero attached hydrogens (tertiary/aromatic N) is 1. The van der Waals surface area contributed by atoms with Crippen LogP contribution >= 0.6 is 0 Å². The van der Waals surface area contributed by atoms with Crippen molar-refractivity contribution in [3.05, 3.63) is 29.6 Å². The fraction of sp³-hybridized carbons (Fsp3) is 0.462. The molecule has 0 fully saturated rings. The number of hydrogen-bond acceptors (Lipinski definition) is 3. The number of benzene rings is 1. The third-order valence-corrected chi connectivity index (χ3v) is 2.55. The van der Waals surface area contributed by atoms with Gasteiger partial charge in [-0.25, -0.2) is 9.18 Å². The van der Waals surface area contributed by atoms with Crippen LogP contribution in [0.15, 0.2) is 18.2 Å². The van der Waals surface area contributed by atoms with Crippen molar-refractivity contribution >= 4 is 11.7 Å². The second kappa shape index (κ2) is 7.06. The number of anilines is 1. The Hall–Kier alpha value is -1.66. The van der Waals surface area contributed by atoms with E-state index < -0.39 is 18.0 Å². The molecule has 0 saturated carbocycles. The van der Waals surface area contributed by atoms with E-state index in [4.69, 9.17) is 4.74 Å². The summed E-state index contributed by atoms with van der Waals surface area (Å²) in [6.07, 6.45) is -0.775. The first kappa shape index (κ1) is 15.4. The molecule has 0 saturated heterocycles. The summed E-state index contributed by atoms with van der Waals surface area (Å²) in [6, 6.07) is 3.98. The van der Waals surface area contributed by atoms with Gasteiger partial charge in [-0.3, -0.25) is 0 Å². The van der Waals surface area contributed by atoms with Crippen molar-refractivity contribution in [2.24, 2.45) is 0 Å². The molecule has 0 bridgehead atoms. The predicted octanol–water partition coefficient (Wildman–Crippen LogP) is 1.61. The van der Waals surface area contributed by atoms with Crippen molar-refractivity contribution in [3.8, 4) is 0 Å². The fourth-order valence-corrected chi connectivity index (χ4v) is 1.59. The lowest BCUT2D eigenvalue weighted by Crippen LogP contribution is -2.38. The Bertz CT molecular complexity index is 440. The molecule has 0 spiro atoms. The van der Waals surface area contributed by atoms with Crippen LogP contribution in [0.4, 0.5) is 14.9 Å². The molecule has 0 radical (unpaired) electrons. The zero-order valence-corrected chi connectivity index (χ0v) is 11.3. The van der Waals surface area contributed by atoms with Crippen LogP contribution in [-0.4, -0.2) is 49.5 Å². The molecular weight excluding hydrogens is 251 g/mol. The highest BCUT2D eigenvalue weighted by molar-refractivity contribution is 5.89. The van der Waals surface area contributed by atoms with E-state index in [0.717, 1.165) is 5.56 Å². The second-order valence-electron chi connectivity index (χ2n) is 4.40.